The lowest BCUT2D eigenvalue weighted by atomic mass is 9.91. The molecular formula is C43H38O8S. The third kappa shape index (κ3) is 7.41. The van der Waals surface area contributed by atoms with Gasteiger partial charge in [0, 0.05) is 25.7 Å². The fourth-order valence-electron chi connectivity index (χ4n) is 6.52. The molecular weight excluding hydrogens is 677 g/mol. The van der Waals surface area contributed by atoms with Crippen LogP contribution in [-0.2, 0) is 35.8 Å². The number of ether oxygens (including phenoxy) is 2. The summed E-state index contributed by atoms with van der Waals surface area (Å²) >= 11 is 0. The molecule has 8 nitrogen and oxygen atoms in total. The average Bonchev–Trinajstić information content (AvgIpc) is 3.13. The van der Waals surface area contributed by atoms with Crippen molar-refractivity contribution in [2.75, 3.05) is 13.2 Å². The quantitative estimate of drug-likeness (QED) is 0.107. The second-order valence-corrected chi connectivity index (χ2v) is 14.4. The van der Waals surface area contributed by atoms with Crippen LogP contribution in [0.15, 0.2) is 126 Å². The fourth-order valence-corrected chi connectivity index (χ4v) is 7.46. The minimum Gasteiger partial charge on any atom is -0.507 e. The Balaban J connectivity index is 1.17. The third-order valence-corrected chi connectivity index (χ3v) is 10.5. The van der Waals surface area contributed by atoms with E-state index >= 15 is 0 Å². The van der Waals surface area contributed by atoms with E-state index in [1.54, 1.807) is 30.3 Å². The highest BCUT2D eigenvalue weighted by Gasteiger charge is 2.21. The van der Waals surface area contributed by atoms with Crippen molar-refractivity contribution in [2.24, 2.45) is 0 Å². The van der Waals surface area contributed by atoms with E-state index in [0.717, 1.165) is 16.7 Å². The highest BCUT2D eigenvalue weighted by atomic mass is 32.2. The van der Waals surface area contributed by atoms with Gasteiger partial charge in [-0.15, -0.1) is 0 Å². The third-order valence-electron chi connectivity index (χ3n) is 9.26. The van der Waals surface area contributed by atoms with E-state index in [0.29, 0.717) is 64.8 Å². The van der Waals surface area contributed by atoms with Gasteiger partial charge in [-0.05, 0) is 75.7 Å². The maximum absolute atomic E-state index is 13.0. The van der Waals surface area contributed by atoms with Crippen LogP contribution in [0.25, 0.3) is 0 Å². The molecule has 52 heavy (non-hydrogen) atoms. The highest BCUT2D eigenvalue weighted by molar-refractivity contribution is 7.87. The van der Waals surface area contributed by atoms with E-state index in [9.17, 15) is 23.7 Å². The van der Waals surface area contributed by atoms with Gasteiger partial charge < -0.3 is 29.0 Å². The molecule has 264 valence electrons. The van der Waals surface area contributed by atoms with Crippen LogP contribution >= 0.6 is 0 Å². The molecule has 9 heteroatoms. The number of fused-ring (bicyclic) bond motifs is 8. The van der Waals surface area contributed by atoms with Gasteiger partial charge in [-0.2, -0.15) is 8.42 Å². The Labute approximate surface area is 303 Å². The maximum atomic E-state index is 13.0. The van der Waals surface area contributed by atoms with E-state index in [1.165, 1.54) is 18.2 Å². The number of aromatic hydroxyl groups is 3. The van der Waals surface area contributed by atoms with Gasteiger partial charge in [0.15, 0.2) is 11.5 Å². The van der Waals surface area contributed by atoms with E-state index in [4.69, 9.17) is 13.7 Å². The molecule has 0 heterocycles. The van der Waals surface area contributed by atoms with Gasteiger partial charge in [0.25, 0.3) is 0 Å². The zero-order chi connectivity index (χ0) is 36.2. The summed E-state index contributed by atoms with van der Waals surface area (Å²) in [7, 11) is -4.09. The topological polar surface area (TPSA) is 123 Å². The zero-order valence-electron chi connectivity index (χ0n) is 28.6. The number of para-hydroxylation sites is 6. The van der Waals surface area contributed by atoms with Gasteiger partial charge in [-0.3, -0.25) is 0 Å². The van der Waals surface area contributed by atoms with Crippen molar-refractivity contribution in [3.63, 3.8) is 0 Å². The minimum absolute atomic E-state index is 0.0395. The number of hydrogen-bond acceptors (Lipinski definition) is 8. The summed E-state index contributed by atoms with van der Waals surface area (Å²) in [6.45, 7) is 2.05. The zero-order valence-corrected chi connectivity index (χ0v) is 29.4. The van der Waals surface area contributed by atoms with Crippen LogP contribution in [0.5, 0.6) is 34.5 Å². The molecule has 6 aromatic rings. The number of benzene rings is 6. The normalized spacial score (nSPS) is 12.6. The van der Waals surface area contributed by atoms with Crippen molar-refractivity contribution >= 4 is 10.1 Å². The largest absolute Gasteiger partial charge is 0.507 e. The van der Waals surface area contributed by atoms with Gasteiger partial charge in [-0.1, -0.05) is 103 Å². The molecule has 7 rings (SSSR count). The lowest BCUT2D eigenvalue weighted by Gasteiger charge is -2.19. The monoisotopic (exact) mass is 714 g/mol. The summed E-state index contributed by atoms with van der Waals surface area (Å²) in [4.78, 5) is 0.0395. The summed E-state index contributed by atoms with van der Waals surface area (Å²) in [5.74, 6) is 1.36. The Kier molecular flexibility index (Phi) is 9.78. The molecule has 8 bridgehead atoms. The summed E-state index contributed by atoms with van der Waals surface area (Å²) in [6.07, 6.45) is 1.36. The van der Waals surface area contributed by atoms with Crippen LogP contribution < -0.4 is 13.7 Å². The van der Waals surface area contributed by atoms with Crippen LogP contribution in [0.2, 0.25) is 0 Å². The number of rotatable bonds is 8. The molecule has 6 aromatic carbocycles. The first-order valence-corrected chi connectivity index (χ1v) is 18.4. The molecule has 0 aromatic heterocycles. The molecule has 0 atom stereocenters. The summed E-state index contributed by atoms with van der Waals surface area (Å²) in [5, 5.41) is 34.1. The molecule has 0 saturated heterocycles. The number of phenolic OH excluding ortho intramolecular Hbond substituents is 3. The second kappa shape index (κ2) is 14.7. The van der Waals surface area contributed by atoms with Crippen molar-refractivity contribution in [1.29, 1.82) is 0 Å². The molecule has 1 aliphatic rings. The van der Waals surface area contributed by atoms with Crippen LogP contribution in [0.3, 0.4) is 0 Å². The summed E-state index contributed by atoms with van der Waals surface area (Å²) in [5.41, 5.74) is 6.69. The lowest BCUT2D eigenvalue weighted by molar-refractivity contribution is 0.212. The molecule has 0 saturated carbocycles. The first-order valence-electron chi connectivity index (χ1n) is 17.0. The molecule has 0 unspecified atom stereocenters. The van der Waals surface area contributed by atoms with Crippen LogP contribution in [-0.4, -0.2) is 37.0 Å². The van der Waals surface area contributed by atoms with Crippen LogP contribution in [0.1, 0.15) is 50.1 Å². The molecule has 3 N–H and O–H groups in total. The number of hydrogen-bond donors (Lipinski definition) is 3. The van der Waals surface area contributed by atoms with E-state index in [-0.39, 0.29) is 46.9 Å². The SMILES string of the molecule is Cc1ccc(S(=O)(=O)Oc2ccccc2OCCOc2c3cccc2Cc2cccc(c2O)Cc2cccc(c2O)Cc2cccc(c2O)C3)cc1. The van der Waals surface area contributed by atoms with Gasteiger partial charge in [0.05, 0.1) is 0 Å². The van der Waals surface area contributed by atoms with E-state index in [2.05, 4.69) is 0 Å². The predicted molar refractivity (Wildman–Crippen MR) is 198 cm³/mol. The Hall–Kier alpha value is -5.93. The average molecular weight is 715 g/mol. The molecule has 1 aliphatic carbocycles. The molecule has 0 fully saturated rings. The standard InChI is InChI=1S/C43H38O8S/c1-28-18-20-37(21-19-28)52(47,48)51-39-17-3-2-16-38(39)49-22-23-50-43-35-14-7-15-36(43)27-34-13-6-11-32(42(34)46)25-30-9-4-8-29(40(30)44)24-31-10-5-12-33(26-35)41(31)45/h2-21,44-46H,22-27H2,1H3. The van der Waals surface area contributed by atoms with Crippen LogP contribution in [0.4, 0.5) is 0 Å². The van der Waals surface area contributed by atoms with Gasteiger partial charge in [0.1, 0.15) is 41.1 Å². The van der Waals surface area contributed by atoms with Crippen LogP contribution in [0, 0.1) is 6.92 Å². The molecule has 0 aliphatic heterocycles. The predicted octanol–water partition coefficient (Wildman–Crippen LogP) is 8.01. The first-order chi connectivity index (χ1) is 25.2. The first kappa shape index (κ1) is 34.5. The summed E-state index contributed by atoms with van der Waals surface area (Å²) < 4.78 is 44.0. The second-order valence-electron chi connectivity index (χ2n) is 12.9. The van der Waals surface area contributed by atoms with Gasteiger partial charge in [-0.25, -0.2) is 0 Å². The molecule has 0 spiro atoms. The maximum Gasteiger partial charge on any atom is 0.339 e. The van der Waals surface area contributed by atoms with Crippen molar-refractivity contribution in [3.8, 4) is 34.5 Å². The lowest BCUT2D eigenvalue weighted by Crippen LogP contribution is -2.14. The Morgan fingerprint density at radius 1 is 0.481 bits per heavy atom. The van der Waals surface area contributed by atoms with Crippen molar-refractivity contribution in [3.05, 3.63) is 171 Å². The number of phenols is 3. The molecule has 0 amide bonds. The van der Waals surface area contributed by atoms with Gasteiger partial charge >= 0.3 is 10.1 Å². The Morgan fingerprint density at radius 2 is 0.865 bits per heavy atom. The molecule has 0 radical (unpaired) electrons. The highest BCUT2D eigenvalue weighted by Crippen LogP contribution is 2.38. The Bertz CT molecular complexity index is 2260. The fraction of sp³-hybridized carbons (Fsp3) is 0.163. The van der Waals surface area contributed by atoms with Crippen molar-refractivity contribution in [1.82, 2.24) is 0 Å². The van der Waals surface area contributed by atoms with E-state index in [1.807, 2.05) is 79.7 Å². The number of aryl methyl sites for hydroxylation is 1. The Morgan fingerprint density at radius 3 is 1.33 bits per heavy atom. The van der Waals surface area contributed by atoms with Crippen molar-refractivity contribution < 1.29 is 37.4 Å². The smallest absolute Gasteiger partial charge is 0.339 e. The van der Waals surface area contributed by atoms with Crippen molar-refractivity contribution in [2.45, 2.75) is 37.5 Å². The van der Waals surface area contributed by atoms with Gasteiger partial charge in [0.2, 0.25) is 0 Å². The van der Waals surface area contributed by atoms with E-state index < -0.39 is 10.1 Å². The summed E-state index contributed by atoms with van der Waals surface area (Å²) in [6, 6.07) is 35.6. The minimum atomic E-state index is -4.09.